The molecular formula is C21H21N3O2S. The number of aromatic nitrogens is 2. The normalized spacial score (nSPS) is 15.5. The molecule has 27 heavy (non-hydrogen) atoms. The molecule has 1 aromatic heterocycles. The highest BCUT2D eigenvalue weighted by molar-refractivity contribution is 7.83. The highest BCUT2D eigenvalue weighted by Crippen LogP contribution is 2.31. The van der Waals surface area contributed by atoms with Crippen LogP contribution in [0.4, 0.5) is 5.82 Å². The molecule has 0 bridgehead atoms. The summed E-state index contributed by atoms with van der Waals surface area (Å²) >= 11 is 0. The summed E-state index contributed by atoms with van der Waals surface area (Å²) in [6.07, 6.45) is 1.07. The zero-order valence-corrected chi connectivity index (χ0v) is 16.0. The Labute approximate surface area is 160 Å². The maximum atomic E-state index is 12.6. The average Bonchev–Trinajstić information content (AvgIpc) is 3.19. The van der Waals surface area contributed by atoms with Gasteiger partial charge >= 0.3 is 0 Å². The zero-order valence-electron chi connectivity index (χ0n) is 15.1. The minimum absolute atomic E-state index is 0.0624. The highest BCUT2D eigenvalue weighted by Gasteiger charge is 2.28. The van der Waals surface area contributed by atoms with Crippen molar-refractivity contribution in [3.63, 3.8) is 0 Å². The molecule has 3 aromatic rings. The van der Waals surface area contributed by atoms with Gasteiger partial charge in [-0.1, -0.05) is 48.0 Å². The van der Waals surface area contributed by atoms with Gasteiger partial charge in [-0.2, -0.15) is 5.10 Å². The Kier molecular flexibility index (Phi) is 4.90. The minimum Gasteiger partial charge on any atom is -0.310 e. The van der Waals surface area contributed by atoms with Crippen LogP contribution in [0.15, 0.2) is 54.6 Å². The van der Waals surface area contributed by atoms with Gasteiger partial charge in [0.05, 0.1) is 22.9 Å². The van der Waals surface area contributed by atoms with E-state index in [1.54, 1.807) is 4.68 Å². The third-order valence-corrected chi connectivity index (χ3v) is 5.90. The molecule has 1 unspecified atom stereocenters. The number of rotatable bonds is 5. The Balaban J connectivity index is 1.58. The number of hydrogen-bond donors (Lipinski definition) is 1. The maximum absolute atomic E-state index is 12.6. The lowest BCUT2D eigenvalue weighted by atomic mass is 10.1. The summed E-state index contributed by atoms with van der Waals surface area (Å²) in [5, 5.41) is 7.64. The Morgan fingerprint density at radius 3 is 2.59 bits per heavy atom. The molecule has 1 aliphatic heterocycles. The van der Waals surface area contributed by atoms with Crippen molar-refractivity contribution in [2.24, 2.45) is 0 Å². The predicted octanol–water partition coefficient (Wildman–Crippen LogP) is 3.51. The van der Waals surface area contributed by atoms with Gasteiger partial charge in [0.25, 0.3) is 0 Å². The van der Waals surface area contributed by atoms with E-state index < -0.39 is 10.8 Å². The molecule has 1 N–H and O–H groups in total. The summed E-state index contributed by atoms with van der Waals surface area (Å²) in [6, 6.07) is 17.9. The molecule has 0 spiro atoms. The van der Waals surface area contributed by atoms with Crippen LogP contribution < -0.4 is 5.32 Å². The minimum atomic E-state index is -0.942. The summed E-state index contributed by atoms with van der Waals surface area (Å²) in [6.45, 7) is 2.03. The quantitative estimate of drug-likeness (QED) is 0.738. The van der Waals surface area contributed by atoms with Gasteiger partial charge in [-0.3, -0.25) is 9.00 Å². The molecule has 1 atom stereocenters. The number of carbonyl (C=O) groups is 1. The Morgan fingerprint density at radius 2 is 1.85 bits per heavy atom. The molecule has 0 aliphatic carbocycles. The van der Waals surface area contributed by atoms with E-state index in [0.717, 1.165) is 28.1 Å². The number of fused-ring (bicyclic) bond motifs is 1. The summed E-state index contributed by atoms with van der Waals surface area (Å²) in [5.74, 6) is 1.47. The van der Waals surface area contributed by atoms with Crippen LogP contribution in [0.2, 0.25) is 0 Å². The van der Waals surface area contributed by atoms with Gasteiger partial charge in [0.1, 0.15) is 5.82 Å². The van der Waals surface area contributed by atoms with E-state index in [9.17, 15) is 9.00 Å². The number of amides is 1. The van der Waals surface area contributed by atoms with Gasteiger partial charge in [0, 0.05) is 22.8 Å². The van der Waals surface area contributed by atoms with E-state index >= 15 is 0 Å². The largest absolute Gasteiger partial charge is 0.310 e. The van der Waals surface area contributed by atoms with Crippen molar-refractivity contribution in [3.8, 4) is 5.69 Å². The Bertz CT molecular complexity index is 994. The SMILES string of the molecule is Cc1ccc(-n2nc3c(c2NC(=O)CCc2ccccc2)CS(=O)C3)cc1. The van der Waals surface area contributed by atoms with Gasteiger partial charge in [-0.05, 0) is 31.0 Å². The molecular weight excluding hydrogens is 358 g/mol. The van der Waals surface area contributed by atoms with Gasteiger partial charge in [0.2, 0.25) is 5.91 Å². The second kappa shape index (κ2) is 7.48. The van der Waals surface area contributed by atoms with E-state index in [-0.39, 0.29) is 5.91 Å². The summed E-state index contributed by atoms with van der Waals surface area (Å²) in [5.41, 5.74) is 4.88. The Morgan fingerprint density at radius 1 is 1.11 bits per heavy atom. The topological polar surface area (TPSA) is 64.0 Å². The van der Waals surface area contributed by atoms with Crippen LogP contribution in [0.3, 0.4) is 0 Å². The fraction of sp³-hybridized carbons (Fsp3) is 0.238. The van der Waals surface area contributed by atoms with Gasteiger partial charge < -0.3 is 5.32 Å². The number of carbonyl (C=O) groups excluding carboxylic acids is 1. The molecule has 0 radical (unpaired) electrons. The molecule has 0 saturated carbocycles. The maximum Gasteiger partial charge on any atom is 0.225 e. The van der Waals surface area contributed by atoms with Gasteiger partial charge in [-0.25, -0.2) is 4.68 Å². The monoisotopic (exact) mass is 379 g/mol. The predicted molar refractivity (Wildman–Crippen MR) is 107 cm³/mol. The Hall–Kier alpha value is -2.73. The molecule has 1 amide bonds. The first-order chi connectivity index (χ1) is 13.1. The molecule has 138 valence electrons. The molecule has 0 saturated heterocycles. The summed E-state index contributed by atoms with van der Waals surface area (Å²) in [4.78, 5) is 12.6. The van der Waals surface area contributed by atoms with Gasteiger partial charge in [0.15, 0.2) is 0 Å². The second-order valence-corrected chi connectivity index (χ2v) is 8.24. The molecule has 2 heterocycles. The van der Waals surface area contributed by atoms with Crippen molar-refractivity contribution in [2.75, 3.05) is 5.32 Å². The number of aryl methyl sites for hydroxylation is 2. The van der Waals surface area contributed by atoms with Crippen molar-refractivity contribution < 1.29 is 9.00 Å². The van der Waals surface area contributed by atoms with Crippen molar-refractivity contribution >= 4 is 22.5 Å². The lowest BCUT2D eigenvalue weighted by molar-refractivity contribution is -0.116. The molecule has 1 aliphatic rings. The average molecular weight is 379 g/mol. The van der Waals surface area contributed by atoms with E-state index in [4.69, 9.17) is 0 Å². The van der Waals surface area contributed by atoms with E-state index in [2.05, 4.69) is 10.4 Å². The van der Waals surface area contributed by atoms with E-state index in [1.165, 1.54) is 0 Å². The molecule has 4 rings (SSSR count). The van der Waals surface area contributed by atoms with E-state index in [0.29, 0.717) is 30.2 Å². The number of nitrogens with zero attached hydrogens (tertiary/aromatic N) is 2. The molecule has 6 heteroatoms. The van der Waals surface area contributed by atoms with Crippen LogP contribution in [-0.4, -0.2) is 19.9 Å². The number of nitrogens with one attached hydrogen (secondary N) is 1. The van der Waals surface area contributed by atoms with Crippen LogP contribution in [-0.2, 0) is 33.5 Å². The summed E-state index contributed by atoms with van der Waals surface area (Å²) in [7, 11) is -0.942. The number of benzene rings is 2. The third kappa shape index (κ3) is 3.85. The summed E-state index contributed by atoms with van der Waals surface area (Å²) < 4.78 is 13.7. The van der Waals surface area contributed by atoms with Crippen molar-refractivity contribution in [1.82, 2.24) is 9.78 Å². The molecule has 0 fully saturated rings. The van der Waals surface area contributed by atoms with Crippen LogP contribution in [0, 0.1) is 6.92 Å². The van der Waals surface area contributed by atoms with Crippen molar-refractivity contribution in [2.45, 2.75) is 31.3 Å². The first kappa shape index (κ1) is 17.7. The third-order valence-electron chi connectivity index (χ3n) is 4.69. The van der Waals surface area contributed by atoms with Crippen LogP contribution >= 0.6 is 0 Å². The van der Waals surface area contributed by atoms with E-state index in [1.807, 2.05) is 61.5 Å². The highest BCUT2D eigenvalue weighted by atomic mass is 32.2. The fourth-order valence-corrected chi connectivity index (χ4v) is 4.49. The van der Waals surface area contributed by atoms with Gasteiger partial charge in [-0.15, -0.1) is 0 Å². The standard InChI is InChI=1S/C21H21N3O2S/c1-15-7-10-17(11-8-15)24-21(18-13-27(26)14-19(18)23-24)22-20(25)12-9-16-5-3-2-4-6-16/h2-8,10-11H,9,12-14H2,1H3,(H,22,25). The molecule has 5 nitrogen and oxygen atoms in total. The smallest absolute Gasteiger partial charge is 0.225 e. The number of hydrogen-bond acceptors (Lipinski definition) is 3. The molecule has 2 aromatic carbocycles. The second-order valence-electron chi connectivity index (χ2n) is 6.78. The van der Waals surface area contributed by atoms with Crippen molar-refractivity contribution in [3.05, 3.63) is 77.0 Å². The van der Waals surface area contributed by atoms with Crippen LogP contribution in [0.1, 0.15) is 28.8 Å². The van der Waals surface area contributed by atoms with Crippen LogP contribution in [0.25, 0.3) is 5.69 Å². The van der Waals surface area contributed by atoms with Crippen molar-refractivity contribution in [1.29, 1.82) is 0 Å². The lowest BCUT2D eigenvalue weighted by Crippen LogP contribution is -2.17. The first-order valence-electron chi connectivity index (χ1n) is 8.97. The van der Waals surface area contributed by atoms with Crippen LogP contribution in [0.5, 0.6) is 0 Å². The lowest BCUT2D eigenvalue weighted by Gasteiger charge is -2.11. The first-order valence-corrected chi connectivity index (χ1v) is 10.5. The zero-order chi connectivity index (χ0) is 18.8. The fourth-order valence-electron chi connectivity index (χ4n) is 3.23. The number of anilines is 1.